The summed E-state index contributed by atoms with van der Waals surface area (Å²) in [4.78, 5) is 39.2. The topological polar surface area (TPSA) is 123 Å². The Morgan fingerprint density at radius 1 is 1.26 bits per heavy atom. The number of benzene rings is 1. The first-order valence-electron chi connectivity index (χ1n) is 11.7. The van der Waals surface area contributed by atoms with Gasteiger partial charge < -0.3 is 19.6 Å². The molecule has 1 aliphatic rings. The van der Waals surface area contributed by atoms with Gasteiger partial charge in [-0.25, -0.2) is 4.98 Å². The zero-order chi connectivity index (χ0) is 24.5. The highest BCUT2D eigenvalue weighted by Crippen LogP contribution is 2.29. The van der Waals surface area contributed by atoms with Gasteiger partial charge in [0.15, 0.2) is 0 Å². The number of fused-ring (bicyclic) bond motifs is 1. The number of rotatable bonds is 7. The predicted molar refractivity (Wildman–Crippen MR) is 132 cm³/mol. The molecular weight excluding hydrogens is 466 g/mol. The highest BCUT2D eigenvalue weighted by molar-refractivity contribution is 7.20. The summed E-state index contributed by atoms with van der Waals surface area (Å²) in [5.41, 5.74) is 1.21. The van der Waals surface area contributed by atoms with E-state index in [1.165, 1.54) is 11.3 Å². The van der Waals surface area contributed by atoms with Crippen molar-refractivity contribution in [2.75, 3.05) is 6.61 Å². The van der Waals surface area contributed by atoms with Gasteiger partial charge in [0.05, 0.1) is 16.4 Å². The second-order valence-electron chi connectivity index (χ2n) is 9.11. The van der Waals surface area contributed by atoms with Crippen LogP contribution in [-0.4, -0.2) is 38.7 Å². The Kier molecular flexibility index (Phi) is 6.48. The quantitative estimate of drug-likeness (QED) is 0.396. The lowest BCUT2D eigenvalue weighted by Gasteiger charge is -2.18. The summed E-state index contributed by atoms with van der Waals surface area (Å²) in [5, 5.41) is 7.55. The summed E-state index contributed by atoms with van der Waals surface area (Å²) in [6.07, 6.45) is 2.60. The number of hydrogen-bond acceptors (Lipinski definition) is 8. The molecule has 4 heterocycles. The van der Waals surface area contributed by atoms with Gasteiger partial charge in [0.25, 0.3) is 11.5 Å². The van der Waals surface area contributed by atoms with E-state index in [2.05, 4.69) is 25.4 Å². The van der Waals surface area contributed by atoms with Crippen LogP contribution in [0.15, 0.2) is 39.6 Å². The molecule has 182 valence electrons. The van der Waals surface area contributed by atoms with Crippen molar-refractivity contribution in [1.82, 2.24) is 25.4 Å². The van der Waals surface area contributed by atoms with Gasteiger partial charge in [0, 0.05) is 18.6 Å². The largest absolute Gasteiger partial charge is 0.378 e. The fourth-order valence-electron chi connectivity index (χ4n) is 4.31. The van der Waals surface area contributed by atoms with Crippen LogP contribution in [0.3, 0.4) is 0 Å². The first kappa shape index (κ1) is 23.4. The molecule has 9 nitrogen and oxygen atoms in total. The van der Waals surface area contributed by atoms with Crippen molar-refractivity contribution in [3.63, 3.8) is 0 Å². The van der Waals surface area contributed by atoms with E-state index in [9.17, 15) is 9.59 Å². The summed E-state index contributed by atoms with van der Waals surface area (Å²) in [6, 6.07) is 9.03. The molecule has 1 aliphatic heterocycles. The molecule has 5 rings (SSSR count). The third-order valence-electron chi connectivity index (χ3n) is 6.19. The molecule has 2 N–H and O–H groups in total. The van der Waals surface area contributed by atoms with Crippen molar-refractivity contribution < 1.29 is 14.1 Å². The van der Waals surface area contributed by atoms with Crippen LogP contribution in [0.5, 0.6) is 0 Å². The maximum atomic E-state index is 13.3. The number of hydrogen-bond donors (Lipinski definition) is 2. The molecule has 2 atom stereocenters. The smallest absolute Gasteiger partial charge is 0.262 e. The standard InChI is InChI=1S/C25H27N5O4S/c1-13(2)19(24-29-21(30-34-24)15-8-5-4-6-9-15)28-23(32)20-14(3)18-22(31)26-17(27-25(18)35-20)12-16-10-7-11-33-16/h4-6,8-9,13,16,19H,7,10-12H2,1-3H3,(H,28,32)(H,26,27,31)/t16-,19-/m1/s1. The van der Waals surface area contributed by atoms with Crippen molar-refractivity contribution >= 4 is 27.5 Å². The van der Waals surface area contributed by atoms with Crippen LogP contribution >= 0.6 is 11.3 Å². The summed E-state index contributed by atoms with van der Waals surface area (Å²) >= 11 is 1.22. The number of ether oxygens (including phenoxy) is 1. The van der Waals surface area contributed by atoms with Gasteiger partial charge >= 0.3 is 0 Å². The second-order valence-corrected chi connectivity index (χ2v) is 10.1. The van der Waals surface area contributed by atoms with E-state index in [-0.39, 0.29) is 23.5 Å². The number of aryl methyl sites for hydroxylation is 1. The van der Waals surface area contributed by atoms with Crippen LogP contribution in [0.1, 0.15) is 59.7 Å². The Hall–Kier alpha value is -3.37. The average molecular weight is 494 g/mol. The molecule has 1 amide bonds. The Balaban J connectivity index is 1.40. The number of amides is 1. The predicted octanol–water partition coefficient (Wildman–Crippen LogP) is 4.19. The molecule has 3 aromatic heterocycles. The van der Waals surface area contributed by atoms with E-state index in [1.807, 2.05) is 44.2 Å². The van der Waals surface area contributed by atoms with Crippen molar-refractivity contribution in [1.29, 1.82) is 0 Å². The minimum Gasteiger partial charge on any atom is -0.378 e. The van der Waals surface area contributed by atoms with Crippen LogP contribution < -0.4 is 10.9 Å². The lowest BCUT2D eigenvalue weighted by Crippen LogP contribution is -2.32. The summed E-state index contributed by atoms with van der Waals surface area (Å²) < 4.78 is 11.2. The van der Waals surface area contributed by atoms with Gasteiger partial charge in [-0.15, -0.1) is 11.3 Å². The Morgan fingerprint density at radius 3 is 2.77 bits per heavy atom. The molecule has 1 saturated heterocycles. The van der Waals surface area contributed by atoms with Gasteiger partial charge in [-0.3, -0.25) is 9.59 Å². The highest BCUT2D eigenvalue weighted by Gasteiger charge is 2.28. The van der Waals surface area contributed by atoms with E-state index >= 15 is 0 Å². The number of carbonyl (C=O) groups is 1. The van der Waals surface area contributed by atoms with Crippen molar-refractivity contribution in [3.8, 4) is 11.4 Å². The number of nitrogens with one attached hydrogen (secondary N) is 2. The maximum absolute atomic E-state index is 13.3. The molecule has 4 aromatic rings. The summed E-state index contributed by atoms with van der Waals surface area (Å²) in [7, 11) is 0. The van der Waals surface area contributed by atoms with E-state index in [4.69, 9.17) is 9.26 Å². The highest BCUT2D eigenvalue weighted by atomic mass is 32.1. The van der Waals surface area contributed by atoms with E-state index in [0.717, 1.165) is 25.0 Å². The molecule has 1 fully saturated rings. The fourth-order valence-corrected chi connectivity index (χ4v) is 5.41. The summed E-state index contributed by atoms with van der Waals surface area (Å²) in [6.45, 7) is 6.45. The van der Waals surface area contributed by atoms with E-state index in [0.29, 0.717) is 44.6 Å². The molecule has 0 radical (unpaired) electrons. The van der Waals surface area contributed by atoms with E-state index in [1.54, 1.807) is 6.92 Å². The monoisotopic (exact) mass is 493 g/mol. The molecule has 0 bridgehead atoms. The number of nitrogens with zero attached hydrogens (tertiary/aromatic N) is 3. The number of aromatic amines is 1. The molecule has 10 heteroatoms. The van der Waals surface area contributed by atoms with Gasteiger partial charge in [0.2, 0.25) is 11.7 Å². The van der Waals surface area contributed by atoms with Crippen LogP contribution in [0.25, 0.3) is 21.6 Å². The van der Waals surface area contributed by atoms with Crippen molar-refractivity contribution in [2.24, 2.45) is 5.92 Å². The number of aromatic nitrogens is 4. The second kappa shape index (κ2) is 9.71. The Labute approximate surface area is 205 Å². The first-order valence-corrected chi connectivity index (χ1v) is 12.6. The Bertz CT molecular complexity index is 1400. The number of carbonyl (C=O) groups excluding carboxylic acids is 1. The molecule has 0 unspecified atom stereocenters. The minimum absolute atomic E-state index is 0.00255. The zero-order valence-corrected chi connectivity index (χ0v) is 20.6. The van der Waals surface area contributed by atoms with Gasteiger partial charge in [0.1, 0.15) is 16.7 Å². The van der Waals surface area contributed by atoms with Gasteiger partial charge in [-0.2, -0.15) is 4.98 Å². The Morgan fingerprint density at radius 2 is 2.06 bits per heavy atom. The fraction of sp³-hybridized carbons (Fsp3) is 0.400. The SMILES string of the molecule is Cc1c(C(=O)N[C@@H](c2nc(-c3ccccc3)no2)C(C)C)sc2nc(C[C@H]3CCCO3)[nH]c(=O)c12. The lowest BCUT2D eigenvalue weighted by molar-refractivity contribution is 0.0917. The number of H-pyrrole nitrogens is 1. The van der Waals surface area contributed by atoms with Gasteiger partial charge in [-0.05, 0) is 31.2 Å². The summed E-state index contributed by atoms with van der Waals surface area (Å²) in [5.74, 6) is 1.08. The van der Waals surface area contributed by atoms with Crippen LogP contribution in [0, 0.1) is 12.8 Å². The van der Waals surface area contributed by atoms with Crippen LogP contribution in [-0.2, 0) is 11.2 Å². The average Bonchev–Trinajstić information content (AvgIpc) is 3.59. The molecule has 0 saturated carbocycles. The maximum Gasteiger partial charge on any atom is 0.262 e. The molecule has 35 heavy (non-hydrogen) atoms. The van der Waals surface area contributed by atoms with E-state index < -0.39 is 6.04 Å². The van der Waals surface area contributed by atoms with Gasteiger partial charge in [-0.1, -0.05) is 49.3 Å². The molecular formula is C25H27N5O4S. The zero-order valence-electron chi connectivity index (χ0n) is 19.8. The van der Waals surface area contributed by atoms with Crippen LogP contribution in [0.2, 0.25) is 0 Å². The van der Waals surface area contributed by atoms with Crippen LogP contribution in [0.4, 0.5) is 0 Å². The van der Waals surface area contributed by atoms with Crippen molar-refractivity contribution in [3.05, 3.63) is 62.8 Å². The normalized spacial score (nSPS) is 16.7. The third kappa shape index (κ3) is 4.76. The lowest BCUT2D eigenvalue weighted by atomic mass is 10.0. The van der Waals surface area contributed by atoms with Crippen molar-refractivity contribution in [2.45, 2.75) is 52.2 Å². The third-order valence-corrected chi connectivity index (χ3v) is 7.38. The minimum atomic E-state index is -0.488. The molecule has 0 spiro atoms. The number of thiophene rings is 1. The molecule has 0 aliphatic carbocycles. The molecule has 1 aromatic carbocycles. The first-order chi connectivity index (χ1) is 16.9.